The number of phenolic OH excluding ortho intramolecular Hbond substituents is 1. The zero-order valence-corrected chi connectivity index (χ0v) is 11.1. The van der Waals surface area contributed by atoms with Crippen LogP contribution in [0.2, 0.25) is 0 Å². The molecule has 0 aliphatic heterocycles. The number of nitrogens with one attached hydrogen (secondary N) is 1. The van der Waals surface area contributed by atoms with Gasteiger partial charge >= 0.3 is 6.18 Å². The minimum absolute atomic E-state index is 0.0735. The van der Waals surface area contributed by atoms with Gasteiger partial charge in [0.25, 0.3) is 0 Å². The summed E-state index contributed by atoms with van der Waals surface area (Å²) >= 11 is 0. The second kappa shape index (κ2) is 4.98. The Kier molecular flexibility index (Phi) is 3.27. The first-order valence-corrected chi connectivity index (χ1v) is 6.70. The Bertz CT molecular complexity index is 667. The predicted octanol–water partition coefficient (Wildman–Crippen LogP) is 4.51. The lowest BCUT2D eigenvalue weighted by Crippen LogP contribution is -2.09. The third-order valence-corrected chi connectivity index (χ3v) is 3.78. The lowest BCUT2D eigenvalue weighted by atomic mass is 10.1. The summed E-state index contributed by atoms with van der Waals surface area (Å²) in [5.74, 6) is 0.251. The van der Waals surface area contributed by atoms with E-state index < -0.39 is 11.7 Å². The summed E-state index contributed by atoms with van der Waals surface area (Å²) in [5, 5.41) is 12.9. The molecule has 0 bridgehead atoms. The van der Waals surface area contributed by atoms with Gasteiger partial charge in [-0.15, -0.1) is 0 Å². The first-order valence-electron chi connectivity index (χ1n) is 6.70. The fourth-order valence-corrected chi connectivity index (χ4v) is 2.77. The van der Waals surface area contributed by atoms with Crippen molar-refractivity contribution in [3.05, 3.63) is 59.2 Å². The van der Waals surface area contributed by atoms with Crippen molar-refractivity contribution < 1.29 is 18.3 Å². The van der Waals surface area contributed by atoms with E-state index in [2.05, 4.69) is 5.32 Å². The number of aromatic hydroxyl groups is 1. The van der Waals surface area contributed by atoms with Crippen LogP contribution in [-0.4, -0.2) is 5.11 Å². The highest BCUT2D eigenvalue weighted by atomic mass is 19.4. The van der Waals surface area contributed by atoms with E-state index in [-0.39, 0.29) is 11.8 Å². The summed E-state index contributed by atoms with van der Waals surface area (Å²) in [6.07, 6.45) is -2.87. The van der Waals surface area contributed by atoms with Gasteiger partial charge in [-0.3, -0.25) is 0 Å². The summed E-state index contributed by atoms with van der Waals surface area (Å²) < 4.78 is 38.1. The smallest absolute Gasteiger partial charge is 0.416 e. The van der Waals surface area contributed by atoms with Gasteiger partial charge in [-0.25, -0.2) is 0 Å². The van der Waals surface area contributed by atoms with Crippen molar-refractivity contribution in [1.29, 1.82) is 0 Å². The van der Waals surface area contributed by atoms with Gasteiger partial charge in [-0.1, -0.05) is 18.2 Å². The molecular weight excluding hydrogens is 279 g/mol. The van der Waals surface area contributed by atoms with E-state index in [0.717, 1.165) is 36.1 Å². The Morgan fingerprint density at radius 1 is 1.10 bits per heavy atom. The molecule has 2 aromatic carbocycles. The minimum Gasteiger partial charge on any atom is -0.508 e. The van der Waals surface area contributed by atoms with E-state index in [9.17, 15) is 18.3 Å². The van der Waals surface area contributed by atoms with Gasteiger partial charge < -0.3 is 10.4 Å². The number of halogens is 3. The normalized spacial score (nSPS) is 17.6. The molecule has 1 unspecified atom stereocenters. The largest absolute Gasteiger partial charge is 0.508 e. The molecule has 0 saturated carbocycles. The van der Waals surface area contributed by atoms with Crippen molar-refractivity contribution in [2.45, 2.75) is 25.1 Å². The molecule has 2 N–H and O–H groups in total. The molecule has 0 amide bonds. The number of fused-ring (bicyclic) bond motifs is 1. The quantitative estimate of drug-likeness (QED) is 0.853. The standard InChI is InChI=1S/C16H14F3NO/c17-16(18,19)10-3-1-4-11(9-10)20-14-8-7-13-12(14)5-2-6-15(13)21/h1-6,9,14,20-21H,7-8H2. The molecule has 5 heteroatoms. The van der Waals surface area contributed by atoms with E-state index in [1.54, 1.807) is 18.2 Å². The van der Waals surface area contributed by atoms with Gasteiger partial charge in [-0.2, -0.15) is 13.2 Å². The molecule has 0 aromatic heterocycles. The van der Waals surface area contributed by atoms with Crippen molar-refractivity contribution in [2.75, 3.05) is 5.32 Å². The van der Waals surface area contributed by atoms with E-state index in [4.69, 9.17) is 0 Å². The van der Waals surface area contributed by atoms with Crippen molar-refractivity contribution >= 4 is 5.69 Å². The second-order valence-electron chi connectivity index (χ2n) is 5.16. The molecular formula is C16H14F3NO. The summed E-state index contributed by atoms with van der Waals surface area (Å²) in [4.78, 5) is 0. The Balaban J connectivity index is 1.85. The molecule has 21 heavy (non-hydrogen) atoms. The Morgan fingerprint density at radius 2 is 1.86 bits per heavy atom. The number of anilines is 1. The van der Waals surface area contributed by atoms with Crippen LogP contribution in [0.1, 0.15) is 29.2 Å². The van der Waals surface area contributed by atoms with Crippen molar-refractivity contribution in [3.63, 3.8) is 0 Å². The van der Waals surface area contributed by atoms with Gasteiger partial charge in [-0.05, 0) is 48.2 Å². The molecule has 0 heterocycles. The van der Waals surface area contributed by atoms with Crippen molar-refractivity contribution in [2.24, 2.45) is 0 Å². The Labute approximate surface area is 120 Å². The number of hydrogen-bond donors (Lipinski definition) is 2. The lowest BCUT2D eigenvalue weighted by molar-refractivity contribution is -0.137. The fraction of sp³-hybridized carbons (Fsp3) is 0.250. The average molecular weight is 293 g/mol. The third kappa shape index (κ3) is 2.68. The SMILES string of the molecule is Oc1cccc2c1CCC2Nc1cccc(C(F)(F)F)c1. The van der Waals surface area contributed by atoms with E-state index in [1.165, 1.54) is 6.07 Å². The molecule has 0 spiro atoms. The first-order chi connectivity index (χ1) is 9.95. The van der Waals surface area contributed by atoms with Crippen molar-refractivity contribution in [1.82, 2.24) is 0 Å². The maximum absolute atomic E-state index is 12.7. The number of hydrogen-bond acceptors (Lipinski definition) is 2. The molecule has 2 nitrogen and oxygen atoms in total. The zero-order valence-electron chi connectivity index (χ0n) is 11.1. The van der Waals surface area contributed by atoms with Crippen LogP contribution in [0.25, 0.3) is 0 Å². The molecule has 1 aliphatic rings. The van der Waals surface area contributed by atoms with Crippen LogP contribution >= 0.6 is 0 Å². The summed E-state index contributed by atoms with van der Waals surface area (Å²) in [7, 11) is 0. The molecule has 3 rings (SSSR count). The topological polar surface area (TPSA) is 32.3 Å². The number of rotatable bonds is 2. The monoisotopic (exact) mass is 293 g/mol. The van der Waals surface area contributed by atoms with Crippen LogP contribution in [0.3, 0.4) is 0 Å². The average Bonchev–Trinajstić information content (AvgIpc) is 2.83. The lowest BCUT2D eigenvalue weighted by Gasteiger charge is -2.17. The second-order valence-corrected chi connectivity index (χ2v) is 5.16. The number of alkyl halides is 3. The highest BCUT2D eigenvalue weighted by molar-refractivity contribution is 5.52. The molecule has 0 saturated heterocycles. The third-order valence-electron chi connectivity index (χ3n) is 3.78. The molecule has 2 aromatic rings. The Hall–Kier alpha value is -2.17. The number of benzene rings is 2. The maximum Gasteiger partial charge on any atom is 0.416 e. The van der Waals surface area contributed by atoms with E-state index in [1.807, 2.05) is 6.07 Å². The van der Waals surface area contributed by atoms with Crippen LogP contribution in [0, 0.1) is 0 Å². The van der Waals surface area contributed by atoms with Gasteiger partial charge in [0.1, 0.15) is 5.75 Å². The van der Waals surface area contributed by atoms with Crippen LogP contribution in [0.5, 0.6) is 5.75 Å². The van der Waals surface area contributed by atoms with Gasteiger partial charge in [0.05, 0.1) is 11.6 Å². The molecule has 0 fully saturated rings. The van der Waals surface area contributed by atoms with E-state index in [0.29, 0.717) is 5.69 Å². The van der Waals surface area contributed by atoms with Gasteiger partial charge in [0.15, 0.2) is 0 Å². The van der Waals surface area contributed by atoms with Crippen LogP contribution in [0.4, 0.5) is 18.9 Å². The van der Waals surface area contributed by atoms with Crippen LogP contribution in [-0.2, 0) is 12.6 Å². The number of phenols is 1. The highest BCUT2D eigenvalue weighted by Gasteiger charge is 2.31. The summed E-state index contributed by atoms with van der Waals surface area (Å²) in [5.41, 5.74) is 1.60. The highest BCUT2D eigenvalue weighted by Crippen LogP contribution is 2.39. The van der Waals surface area contributed by atoms with Gasteiger partial charge in [0, 0.05) is 5.69 Å². The first kappa shape index (κ1) is 13.8. The van der Waals surface area contributed by atoms with Gasteiger partial charge in [0.2, 0.25) is 0 Å². The minimum atomic E-state index is -4.34. The van der Waals surface area contributed by atoms with Crippen LogP contribution in [0.15, 0.2) is 42.5 Å². The molecule has 1 aliphatic carbocycles. The summed E-state index contributed by atoms with van der Waals surface area (Å²) in [6.45, 7) is 0. The maximum atomic E-state index is 12.7. The fourth-order valence-electron chi connectivity index (χ4n) is 2.77. The Morgan fingerprint density at radius 3 is 2.62 bits per heavy atom. The molecule has 110 valence electrons. The molecule has 1 atom stereocenters. The molecule has 0 radical (unpaired) electrons. The van der Waals surface area contributed by atoms with Crippen molar-refractivity contribution in [3.8, 4) is 5.75 Å². The van der Waals surface area contributed by atoms with E-state index >= 15 is 0 Å². The predicted molar refractivity (Wildman–Crippen MR) is 74.2 cm³/mol. The van der Waals surface area contributed by atoms with Crippen LogP contribution < -0.4 is 5.32 Å². The zero-order chi connectivity index (χ0) is 15.0. The summed E-state index contributed by atoms with van der Waals surface area (Å²) in [6, 6.07) is 10.4.